The Hall–Kier alpha value is -0.590. The summed E-state index contributed by atoms with van der Waals surface area (Å²) in [5.41, 5.74) is 0. The molecule has 13 heavy (non-hydrogen) atoms. The van der Waals surface area contributed by atoms with Gasteiger partial charge < -0.3 is 4.79 Å². The van der Waals surface area contributed by atoms with Crippen LogP contribution in [0.3, 0.4) is 0 Å². The van der Waals surface area contributed by atoms with E-state index in [0.29, 0.717) is 5.78 Å². The average molecular weight is 182 g/mol. The van der Waals surface area contributed by atoms with Crippen molar-refractivity contribution in [1.29, 1.82) is 0 Å². The number of hydrogen-bond acceptors (Lipinski definition) is 1. The Morgan fingerprint density at radius 1 is 1.08 bits per heavy atom. The molecule has 1 heteroatoms. The first-order chi connectivity index (χ1) is 6.27. The summed E-state index contributed by atoms with van der Waals surface area (Å²) < 4.78 is 0. The van der Waals surface area contributed by atoms with Crippen molar-refractivity contribution in [3.63, 3.8) is 0 Å². The molecule has 0 fully saturated rings. The highest BCUT2D eigenvalue weighted by atomic mass is 16.1. The number of allylic oxidation sites excluding steroid dienone is 2. The maximum absolute atomic E-state index is 10.6. The zero-order chi connectivity index (χ0) is 9.94. The molecule has 0 N–H and O–H groups in total. The van der Waals surface area contributed by atoms with E-state index in [-0.39, 0.29) is 0 Å². The maximum Gasteiger partial charge on any atom is 0.129 e. The quantitative estimate of drug-likeness (QED) is 0.411. The highest BCUT2D eigenvalue weighted by molar-refractivity contribution is 5.75. The lowest BCUT2D eigenvalue weighted by Gasteiger charge is -1.96. The van der Waals surface area contributed by atoms with Crippen LogP contribution in [0.5, 0.6) is 0 Å². The van der Waals surface area contributed by atoms with Crippen molar-refractivity contribution in [2.24, 2.45) is 0 Å². The standard InChI is InChI=1S/C12H22O/c1-3-4-5-6-7-8-9-10-11-12(2)13/h4-5H,3,6-11H2,1-2H3/b5-4+. The zero-order valence-corrected chi connectivity index (χ0v) is 9.01. The molecule has 0 saturated heterocycles. The molecule has 1 nitrogen and oxygen atoms in total. The van der Waals surface area contributed by atoms with Gasteiger partial charge in [0.25, 0.3) is 0 Å². The number of Topliss-reactive ketones (excluding diaryl/α,β-unsaturated/α-hetero) is 1. The van der Waals surface area contributed by atoms with Crippen LogP contribution >= 0.6 is 0 Å². The van der Waals surface area contributed by atoms with E-state index >= 15 is 0 Å². The lowest BCUT2D eigenvalue weighted by molar-refractivity contribution is -0.117. The minimum atomic E-state index is 0.325. The molecule has 0 saturated carbocycles. The molecule has 0 aromatic rings. The Morgan fingerprint density at radius 2 is 1.77 bits per heavy atom. The van der Waals surface area contributed by atoms with Crippen molar-refractivity contribution < 1.29 is 4.79 Å². The van der Waals surface area contributed by atoms with E-state index in [1.54, 1.807) is 6.92 Å². The molecule has 76 valence electrons. The molecule has 0 aliphatic rings. The molecule has 0 bridgehead atoms. The number of hydrogen-bond donors (Lipinski definition) is 0. The molecule has 0 heterocycles. The SMILES string of the molecule is CC/C=C/CCCCCCC(C)=O. The first-order valence-corrected chi connectivity index (χ1v) is 5.41. The van der Waals surface area contributed by atoms with E-state index < -0.39 is 0 Å². The smallest absolute Gasteiger partial charge is 0.129 e. The van der Waals surface area contributed by atoms with E-state index in [2.05, 4.69) is 19.1 Å². The monoisotopic (exact) mass is 182 g/mol. The molecule has 0 aliphatic carbocycles. The Balaban J connectivity index is 2.99. The van der Waals surface area contributed by atoms with Crippen LogP contribution < -0.4 is 0 Å². The van der Waals surface area contributed by atoms with Gasteiger partial charge in [-0.15, -0.1) is 0 Å². The van der Waals surface area contributed by atoms with Crippen LogP contribution in [0, 0.1) is 0 Å². The van der Waals surface area contributed by atoms with Gasteiger partial charge in [-0.25, -0.2) is 0 Å². The van der Waals surface area contributed by atoms with Gasteiger partial charge >= 0.3 is 0 Å². The van der Waals surface area contributed by atoms with Gasteiger partial charge in [0.1, 0.15) is 5.78 Å². The van der Waals surface area contributed by atoms with Crippen LogP contribution in [0.25, 0.3) is 0 Å². The summed E-state index contributed by atoms with van der Waals surface area (Å²) in [6.45, 7) is 3.83. The molecular weight excluding hydrogens is 160 g/mol. The van der Waals surface area contributed by atoms with Crippen molar-refractivity contribution in [1.82, 2.24) is 0 Å². The van der Waals surface area contributed by atoms with Gasteiger partial charge in [0.2, 0.25) is 0 Å². The zero-order valence-electron chi connectivity index (χ0n) is 9.01. The summed E-state index contributed by atoms with van der Waals surface area (Å²) in [6.07, 6.45) is 12.4. The van der Waals surface area contributed by atoms with Crippen LogP contribution in [-0.4, -0.2) is 5.78 Å². The molecule has 0 atom stereocenters. The Kier molecular flexibility index (Phi) is 9.07. The van der Waals surface area contributed by atoms with Crippen molar-refractivity contribution in [3.05, 3.63) is 12.2 Å². The first kappa shape index (κ1) is 12.4. The minimum absolute atomic E-state index is 0.325. The molecule has 0 unspecified atom stereocenters. The molecule has 0 rings (SSSR count). The van der Waals surface area contributed by atoms with Crippen LogP contribution in [0.2, 0.25) is 0 Å². The van der Waals surface area contributed by atoms with Crippen LogP contribution in [0.4, 0.5) is 0 Å². The van der Waals surface area contributed by atoms with Gasteiger partial charge in [0.05, 0.1) is 0 Å². The molecule has 0 aromatic carbocycles. The predicted molar refractivity (Wildman–Crippen MR) is 57.8 cm³/mol. The highest BCUT2D eigenvalue weighted by Gasteiger charge is 1.92. The van der Waals surface area contributed by atoms with Gasteiger partial charge in [-0.2, -0.15) is 0 Å². The van der Waals surface area contributed by atoms with Gasteiger partial charge in [-0.1, -0.05) is 31.9 Å². The largest absolute Gasteiger partial charge is 0.300 e. The van der Waals surface area contributed by atoms with Gasteiger partial charge in [-0.05, 0) is 32.6 Å². The summed E-state index contributed by atoms with van der Waals surface area (Å²) in [5.74, 6) is 0.325. The van der Waals surface area contributed by atoms with Crippen molar-refractivity contribution >= 4 is 5.78 Å². The fourth-order valence-corrected chi connectivity index (χ4v) is 1.27. The maximum atomic E-state index is 10.6. The van der Waals surface area contributed by atoms with Crippen molar-refractivity contribution in [2.45, 2.75) is 58.8 Å². The van der Waals surface area contributed by atoms with Crippen LogP contribution in [-0.2, 0) is 4.79 Å². The summed E-state index contributed by atoms with van der Waals surface area (Å²) in [6, 6.07) is 0. The highest BCUT2D eigenvalue weighted by Crippen LogP contribution is 2.06. The first-order valence-electron chi connectivity index (χ1n) is 5.41. The minimum Gasteiger partial charge on any atom is -0.300 e. The number of carbonyl (C=O) groups excluding carboxylic acids is 1. The van der Waals surface area contributed by atoms with Gasteiger partial charge in [-0.3, -0.25) is 0 Å². The molecule has 0 radical (unpaired) electrons. The second-order valence-corrected chi connectivity index (χ2v) is 3.53. The summed E-state index contributed by atoms with van der Waals surface area (Å²) in [7, 11) is 0. The third-order valence-corrected chi connectivity index (χ3v) is 2.05. The van der Waals surface area contributed by atoms with Crippen LogP contribution in [0.15, 0.2) is 12.2 Å². The van der Waals surface area contributed by atoms with E-state index in [1.807, 2.05) is 0 Å². The van der Waals surface area contributed by atoms with Crippen LogP contribution in [0.1, 0.15) is 58.8 Å². The second-order valence-electron chi connectivity index (χ2n) is 3.53. The van der Waals surface area contributed by atoms with Gasteiger partial charge in [0.15, 0.2) is 0 Å². The average Bonchev–Trinajstić information content (AvgIpc) is 2.09. The topological polar surface area (TPSA) is 17.1 Å². The Morgan fingerprint density at radius 3 is 2.38 bits per heavy atom. The lowest BCUT2D eigenvalue weighted by Crippen LogP contribution is -1.88. The predicted octanol–water partition coefficient (Wildman–Crippen LogP) is 3.88. The van der Waals surface area contributed by atoms with E-state index in [4.69, 9.17) is 0 Å². The fourth-order valence-electron chi connectivity index (χ4n) is 1.27. The number of carbonyl (C=O) groups is 1. The Labute approximate surface area is 82.2 Å². The number of unbranched alkanes of at least 4 members (excludes halogenated alkanes) is 4. The number of ketones is 1. The number of rotatable bonds is 8. The van der Waals surface area contributed by atoms with Gasteiger partial charge in [0, 0.05) is 6.42 Å². The molecule has 0 aliphatic heterocycles. The summed E-state index contributed by atoms with van der Waals surface area (Å²) >= 11 is 0. The lowest BCUT2D eigenvalue weighted by atomic mass is 10.1. The Bertz CT molecular complexity index is 147. The normalized spacial score (nSPS) is 10.9. The van der Waals surface area contributed by atoms with Crippen molar-refractivity contribution in [2.75, 3.05) is 0 Å². The fraction of sp³-hybridized carbons (Fsp3) is 0.750. The van der Waals surface area contributed by atoms with E-state index in [0.717, 1.165) is 19.3 Å². The van der Waals surface area contributed by atoms with E-state index in [1.165, 1.54) is 25.7 Å². The van der Waals surface area contributed by atoms with E-state index in [9.17, 15) is 4.79 Å². The summed E-state index contributed by atoms with van der Waals surface area (Å²) in [4.78, 5) is 10.6. The summed E-state index contributed by atoms with van der Waals surface area (Å²) in [5, 5.41) is 0. The molecule has 0 amide bonds. The third-order valence-electron chi connectivity index (χ3n) is 2.05. The molecule has 0 spiro atoms. The third kappa shape index (κ3) is 11.4. The molecular formula is C12H22O. The molecule has 0 aromatic heterocycles. The second kappa shape index (κ2) is 9.50. The van der Waals surface area contributed by atoms with Crippen molar-refractivity contribution in [3.8, 4) is 0 Å².